The van der Waals surface area contributed by atoms with E-state index in [0.717, 1.165) is 15.9 Å². The number of para-hydroxylation sites is 1. The Morgan fingerprint density at radius 3 is 2.84 bits per heavy atom. The molecule has 0 saturated carbocycles. The smallest absolute Gasteiger partial charge is 0.129 e. The third-order valence-corrected chi connectivity index (χ3v) is 3.23. The number of nitrogens with one attached hydrogen (secondary N) is 1. The predicted molar refractivity (Wildman–Crippen MR) is 77.0 cm³/mol. The van der Waals surface area contributed by atoms with Crippen molar-refractivity contribution in [2.24, 2.45) is 0 Å². The molecule has 4 nitrogen and oxygen atoms in total. The van der Waals surface area contributed by atoms with Gasteiger partial charge in [-0.3, -0.25) is 0 Å². The standard InChI is InChI=1S/C14H16BrNO3/c15-13-5-1-2-6-14(13)16-8-11(17)9-18-10-12-4-3-7-19-12/h1-7,11,16-17H,8-10H2. The summed E-state index contributed by atoms with van der Waals surface area (Å²) in [5.41, 5.74) is 0.951. The van der Waals surface area contributed by atoms with E-state index in [1.807, 2.05) is 36.4 Å². The van der Waals surface area contributed by atoms with Crippen molar-refractivity contribution in [1.82, 2.24) is 0 Å². The number of anilines is 1. The van der Waals surface area contributed by atoms with Gasteiger partial charge in [0, 0.05) is 16.7 Å². The summed E-state index contributed by atoms with van der Waals surface area (Å²) in [5, 5.41) is 13.0. The van der Waals surface area contributed by atoms with Crippen molar-refractivity contribution in [2.45, 2.75) is 12.7 Å². The molecule has 0 aliphatic carbocycles. The zero-order chi connectivity index (χ0) is 13.5. The van der Waals surface area contributed by atoms with Gasteiger partial charge in [0.05, 0.1) is 19.0 Å². The highest BCUT2D eigenvalue weighted by molar-refractivity contribution is 9.10. The molecule has 2 aromatic rings. The number of hydrogen-bond donors (Lipinski definition) is 2. The van der Waals surface area contributed by atoms with Gasteiger partial charge in [-0.15, -0.1) is 0 Å². The highest BCUT2D eigenvalue weighted by Crippen LogP contribution is 2.20. The molecule has 1 heterocycles. The second-order valence-corrected chi connectivity index (χ2v) is 4.96. The van der Waals surface area contributed by atoms with Gasteiger partial charge in [0.2, 0.25) is 0 Å². The quantitative estimate of drug-likeness (QED) is 0.821. The Bertz CT molecular complexity index is 487. The second kappa shape index (κ2) is 7.33. The number of hydrogen-bond acceptors (Lipinski definition) is 4. The molecule has 2 N–H and O–H groups in total. The molecule has 0 saturated heterocycles. The van der Waals surface area contributed by atoms with Crippen molar-refractivity contribution >= 4 is 21.6 Å². The van der Waals surface area contributed by atoms with E-state index in [0.29, 0.717) is 13.2 Å². The third-order valence-electron chi connectivity index (χ3n) is 2.54. The summed E-state index contributed by atoms with van der Waals surface area (Å²) in [7, 11) is 0. The number of furan rings is 1. The average molecular weight is 326 g/mol. The first-order chi connectivity index (χ1) is 9.25. The van der Waals surface area contributed by atoms with Gasteiger partial charge in [0.25, 0.3) is 0 Å². The van der Waals surface area contributed by atoms with Gasteiger partial charge in [-0.2, -0.15) is 0 Å². The molecule has 1 aromatic carbocycles. The van der Waals surface area contributed by atoms with E-state index in [4.69, 9.17) is 9.15 Å². The minimum atomic E-state index is -0.568. The Morgan fingerprint density at radius 2 is 2.11 bits per heavy atom. The SMILES string of the molecule is OC(CNc1ccccc1Br)COCc1ccco1. The van der Waals surface area contributed by atoms with E-state index < -0.39 is 6.10 Å². The fraction of sp³-hybridized carbons (Fsp3) is 0.286. The zero-order valence-electron chi connectivity index (χ0n) is 10.4. The van der Waals surface area contributed by atoms with Crippen molar-refractivity contribution in [3.05, 3.63) is 52.9 Å². The van der Waals surface area contributed by atoms with Crippen LogP contribution in [-0.2, 0) is 11.3 Å². The largest absolute Gasteiger partial charge is 0.467 e. The van der Waals surface area contributed by atoms with Crippen LogP contribution in [0, 0.1) is 0 Å². The van der Waals surface area contributed by atoms with Crippen LogP contribution in [0.15, 0.2) is 51.6 Å². The molecule has 1 unspecified atom stereocenters. The number of halogens is 1. The Labute approximate surface area is 120 Å². The summed E-state index contributed by atoms with van der Waals surface area (Å²) >= 11 is 3.44. The topological polar surface area (TPSA) is 54.6 Å². The zero-order valence-corrected chi connectivity index (χ0v) is 12.0. The number of benzene rings is 1. The molecule has 1 atom stereocenters. The Kier molecular flexibility index (Phi) is 5.44. The van der Waals surface area contributed by atoms with Crippen LogP contribution in [0.25, 0.3) is 0 Å². The summed E-state index contributed by atoms with van der Waals surface area (Å²) in [6.45, 7) is 1.07. The van der Waals surface area contributed by atoms with E-state index in [1.54, 1.807) is 6.26 Å². The highest BCUT2D eigenvalue weighted by Gasteiger charge is 2.06. The van der Waals surface area contributed by atoms with Gasteiger partial charge in [0.1, 0.15) is 12.4 Å². The molecule has 0 radical (unpaired) electrons. The molecule has 0 spiro atoms. The molecule has 2 rings (SSSR count). The minimum absolute atomic E-state index is 0.262. The molecule has 1 aromatic heterocycles. The molecule has 102 valence electrons. The molecule has 0 bridgehead atoms. The van der Waals surface area contributed by atoms with E-state index in [1.165, 1.54) is 0 Å². The predicted octanol–water partition coefficient (Wildman–Crippen LogP) is 3.03. The van der Waals surface area contributed by atoms with Crippen molar-refractivity contribution in [3.8, 4) is 0 Å². The Balaban J connectivity index is 1.67. The van der Waals surface area contributed by atoms with Crippen LogP contribution in [0.2, 0.25) is 0 Å². The monoisotopic (exact) mass is 325 g/mol. The maximum atomic E-state index is 9.80. The van der Waals surface area contributed by atoms with Crippen LogP contribution in [0.4, 0.5) is 5.69 Å². The van der Waals surface area contributed by atoms with Crippen LogP contribution in [0.5, 0.6) is 0 Å². The van der Waals surface area contributed by atoms with Gasteiger partial charge in [-0.1, -0.05) is 12.1 Å². The maximum absolute atomic E-state index is 9.80. The fourth-order valence-corrected chi connectivity index (χ4v) is 2.01. The number of aliphatic hydroxyl groups excluding tert-OH is 1. The first-order valence-electron chi connectivity index (χ1n) is 6.02. The van der Waals surface area contributed by atoms with Gasteiger partial charge in [-0.25, -0.2) is 0 Å². The molecular formula is C14H16BrNO3. The molecule has 0 aliphatic rings. The lowest BCUT2D eigenvalue weighted by atomic mass is 10.3. The van der Waals surface area contributed by atoms with Crippen molar-refractivity contribution in [3.63, 3.8) is 0 Å². The Morgan fingerprint density at radius 1 is 1.26 bits per heavy atom. The van der Waals surface area contributed by atoms with E-state index in [2.05, 4.69) is 21.2 Å². The fourth-order valence-electron chi connectivity index (χ4n) is 1.58. The lowest BCUT2D eigenvalue weighted by Crippen LogP contribution is -2.24. The summed E-state index contributed by atoms with van der Waals surface area (Å²) in [6.07, 6.45) is 1.03. The van der Waals surface area contributed by atoms with Gasteiger partial charge in [-0.05, 0) is 40.2 Å². The highest BCUT2D eigenvalue weighted by atomic mass is 79.9. The summed E-state index contributed by atoms with van der Waals surface area (Å²) in [5.74, 6) is 0.756. The number of ether oxygens (including phenoxy) is 1. The number of rotatable bonds is 7. The average Bonchev–Trinajstić information content (AvgIpc) is 2.91. The second-order valence-electron chi connectivity index (χ2n) is 4.11. The number of aliphatic hydroxyl groups is 1. The van der Waals surface area contributed by atoms with Gasteiger partial charge >= 0.3 is 0 Å². The van der Waals surface area contributed by atoms with E-state index in [-0.39, 0.29) is 6.61 Å². The van der Waals surface area contributed by atoms with Crippen LogP contribution in [0.1, 0.15) is 5.76 Å². The van der Waals surface area contributed by atoms with Crippen LogP contribution in [0.3, 0.4) is 0 Å². The molecule has 5 heteroatoms. The lowest BCUT2D eigenvalue weighted by Gasteiger charge is -2.13. The van der Waals surface area contributed by atoms with Gasteiger partial charge in [0.15, 0.2) is 0 Å². The lowest BCUT2D eigenvalue weighted by molar-refractivity contribution is 0.0282. The minimum Gasteiger partial charge on any atom is -0.467 e. The van der Waals surface area contributed by atoms with Crippen LogP contribution in [-0.4, -0.2) is 24.4 Å². The molecule has 0 fully saturated rings. The van der Waals surface area contributed by atoms with Crippen LogP contribution >= 0.6 is 15.9 Å². The van der Waals surface area contributed by atoms with E-state index in [9.17, 15) is 5.11 Å². The van der Waals surface area contributed by atoms with Crippen molar-refractivity contribution in [1.29, 1.82) is 0 Å². The van der Waals surface area contributed by atoms with Crippen molar-refractivity contribution in [2.75, 3.05) is 18.5 Å². The molecular weight excluding hydrogens is 310 g/mol. The van der Waals surface area contributed by atoms with Crippen LogP contribution < -0.4 is 5.32 Å². The van der Waals surface area contributed by atoms with Gasteiger partial charge < -0.3 is 19.6 Å². The van der Waals surface area contributed by atoms with E-state index >= 15 is 0 Å². The normalized spacial score (nSPS) is 12.3. The molecule has 0 aliphatic heterocycles. The summed E-state index contributed by atoms with van der Waals surface area (Å²) < 4.78 is 11.5. The molecule has 0 amide bonds. The first kappa shape index (κ1) is 14.1. The molecule has 19 heavy (non-hydrogen) atoms. The Hall–Kier alpha value is -1.30. The maximum Gasteiger partial charge on any atom is 0.129 e. The summed E-state index contributed by atoms with van der Waals surface area (Å²) in [4.78, 5) is 0. The van der Waals surface area contributed by atoms with Crippen molar-refractivity contribution < 1.29 is 14.3 Å². The third kappa shape index (κ3) is 4.70. The first-order valence-corrected chi connectivity index (χ1v) is 6.81. The summed E-state index contributed by atoms with van der Waals surface area (Å²) in [6, 6.07) is 11.4.